The maximum atomic E-state index is 11.7. The van der Waals surface area contributed by atoms with Crippen molar-refractivity contribution in [3.8, 4) is 0 Å². The maximum Gasteiger partial charge on any atom is 0.240 e. The topological polar surface area (TPSA) is 88.5 Å². The fourth-order valence-corrected chi connectivity index (χ4v) is 2.01. The Morgan fingerprint density at radius 1 is 1.35 bits per heavy atom. The summed E-state index contributed by atoms with van der Waals surface area (Å²) in [7, 11) is 0. The molecule has 1 atom stereocenters. The van der Waals surface area contributed by atoms with Crippen molar-refractivity contribution in [1.82, 2.24) is 19.9 Å². The molecule has 7 nitrogen and oxygen atoms in total. The van der Waals surface area contributed by atoms with Gasteiger partial charge >= 0.3 is 0 Å². The number of carbonyl (C=O) groups is 1. The van der Waals surface area contributed by atoms with Gasteiger partial charge in [0.1, 0.15) is 0 Å². The zero-order valence-corrected chi connectivity index (χ0v) is 13.2. The summed E-state index contributed by atoms with van der Waals surface area (Å²) in [6, 6.07) is -0.421. The second-order valence-electron chi connectivity index (χ2n) is 4.63. The van der Waals surface area contributed by atoms with E-state index in [1.807, 2.05) is 0 Å². The number of carbonyl (C=O) groups excluding carboxylic acids is 1. The van der Waals surface area contributed by atoms with Crippen molar-refractivity contribution in [2.75, 3.05) is 26.2 Å². The van der Waals surface area contributed by atoms with Gasteiger partial charge in [-0.1, -0.05) is 5.16 Å². The number of hydrogen-bond donors (Lipinski definition) is 1. The van der Waals surface area contributed by atoms with E-state index >= 15 is 0 Å². The SMILES string of the molecule is Cc1noc(CN2CCN(C(=O)[C@@H](C)N)CC2)n1.Cl.Cl. The lowest BCUT2D eigenvalue weighted by Gasteiger charge is -2.34. The van der Waals surface area contributed by atoms with Gasteiger partial charge in [0.05, 0.1) is 12.6 Å². The quantitative estimate of drug-likeness (QED) is 0.854. The molecule has 0 aliphatic carbocycles. The standard InChI is InChI=1S/C11H19N5O2.2ClH/c1-8(12)11(17)16-5-3-15(4-6-16)7-10-13-9(2)14-18-10;;/h8H,3-7,12H2,1-2H3;2*1H/t8-;;/m1../s1. The number of nitrogens with two attached hydrogens (primary N) is 1. The first-order chi connectivity index (χ1) is 8.56. The first-order valence-electron chi connectivity index (χ1n) is 6.12. The van der Waals surface area contributed by atoms with Crippen LogP contribution in [0.15, 0.2) is 4.52 Å². The number of nitrogens with zero attached hydrogens (tertiary/aromatic N) is 4. The van der Waals surface area contributed by atoms with Crippen LogP contribution in [-0.2, 0) is 11.3 Å². The van der Waals surface area contributed by atoms with Crippen LogP contribution in [0.4, 0.5) is 0 Å². The van der Waals surface area contributed by atoms with Crippen LogP contribution in [-0.4, -0.2) is 58.1 Å². The van der Waals surface area contributed by atoms with Crippen LogP contribution in [0.2, 0.25) is 0 Å². The van der Waals surface area contributed by atoms with Gasteiger partial charge in [0.25, 0.3) is 0 Å². The Balaban J connectivity index is 0.00000180. The van der Waals surface area contributed by atoms with Crippen molar-refractivity contribution in [2.24, 2.45) is 5.73 Å². The lowest BCUT2D eigenvalue weighted by atomic mass is 10.2. The second-order valence-corrected chi connectivity index (χ2v) is 4.63. The van der Waals surface area contributed by atoms with Crippen LogP contribution in [0.1, 0.15) is 18.6 Å². The van der Waals surface area contributed by atoms with Gasteiger partial charge in [-0.05, 0) is 13.8 Å². The van der Waals surface area contributed by atoms with Gasteiger partial charge in [0.2, 0.25) is 11.8 Å². The Hall–Kier alpha value is -0.890. The molecule has 0 saturated carbocycles. The summed E-state index contributed by atoms with van der Waals surface area (Å²) < 4.78 is 5.08. The maximum absolute atomic E-state index is 11.7. The number of hydrogen-bond acceptors (Lipinski definition) is 6. The largest absolute Gasteiger partial charge is 0.339 e. The number of aromatic nitrogens is 2. The Bertz CT molecular complexity index is 419. The highest BCUT2D eigenvalue weighted by Gasteiger charge is 2.23. The van der Waals surface area contributed by atoms with Crippen molar-refractivity contribution in [1.29, 1.82) is 0 Å². The van der Waals surface area contributed by atoms with Gasteiger partial charge in [-0.2, -0.15) is 4.98 Å². The molecule has 0 bridgehead atoms. The summed E-state index contributed by atoms with van der Waals surface area (Å²) in [5, 5.41) is 3.75. The van der Waals surface area contributed by atoms with E-state index in [4.69, 9.17) is 10.3 Å². The number of piperazine rings is 1. The van der Waals surface area contributed by atoms with Crippen LogP contribution in [0.3, 0.4) is 0 Å². The highest BCUT2D eigenvalue weighted by Crippen LogP contribution is 2.07. The second kappa shape index (κ2) is 8.41. The Labute approximate surface area is 130 Å². The molecule has 1 aromatic heterocycles. The Morgan fingerprint density at radius 2 is 1.95 bits per heavy atom. The molecule has 0 spiro atoms. The van der Waals surface area contributed by atoms with Crippen LogP contribution in [0.25, 0.3) is 0 Å². The minimum absolute atomic E-state index is 0. The molecule has 1 amide bonds. The van der Waals surface area contributed by atoms with E-state index in [2.05, 4.69) is 15.0 Å². The molecule has 1 aromatic rings. The molecular weight excluding hydrogens is 305 g/mol. The summed E-state index contributed by atoms with van der Waals surface area (Å²) >= 11 is 0. The average Bonchev–Trinajstić information content (AvgIpc) is 2.75. The Morgan fingerprint density at radius 3 is 2.40 bits per heavy atom. The number of aryl methyl sites for hydroxylation is 1. The third-order valence-corrected chi connectivity index (χ3v) is 3.00. The molecule has 1 saturated heterocycles. The van der Waals surface area contributed by atoms with E-state index in [9.17, 15) is 4.79 Å². The van der Waals surface area contributed by atoms with Crippen LogP contribution in [0, 0.1) is 6.92 Å². The zero-order chi connectivity index (χ0) is 13.1. The lowest BCUT2D eigenvalue weighted by molar-refractivity contribution is -0.134. The third kappa shape index (κ3) is 4.90. The highest BCUT2D eigenvalue weighted by molar-refractivity contribution is 5.85. The smallest absolute Gasteiger partial charge is 0.240 e. The molecule has 0 radical (unpaired) electrons. The molecular formula is C11H21Cl2N5O2. The molecule has 2 heterocycles. The van der Waals surface area contributed by atoms with Crippen LogP contribution in [0.5, 0.6) is 0 Å². The number of rotatable bonds is 3. The molecule has 2 rings (SSSR count). The van der Waals surface area contributed by atoms with E-state index in [1.165, 1.54) is 0 Å². The number of amides is 1. The molecule has 9 heteroatoms. The van der Waals surface area contributed by atoms with E-state index < -0.39 is 6.04 Å². The van der Waals surface area contributed by atoms with Gasteiger partial charge in [-0.3, -0.25) is 9.69 Å². The average molecular weight is 326 g/mol. The Kier molecular flexibility index (Phi) is 8.03. The predicted octanol–water partition coefficient (Wildman–Crippen LogP) is 0.213. The minimum atomic E-state index is -0.421. The summed E-state index contributed by atoms with van der Waals surface area (Å²) in [6.45, 7) is 7.17. The van der Waals surface area contributed by atoms with Crippen LogP contribution < -0.4 is 5.73 Å². The zero-order valence-electron chi connectivity index (χ0n) is 11.6. The van der Waals surface area contributed by atoms with Crippen molar-refractivity contribution >= 4 is 30.7 Å². The summed E-state index contributed by atoms with van der Waals surface area (Å²) in [4.78, 5) is 19.9. The van der Waals surface area contributed by atoms with E-state index in [1.54, 1.807) is 18.7 Å². The van der Waals surface area contributed by atoms with Crippen molar-refractivity contribution < 1.29 is 9.32 Å². The molecule has 1 aliphatic heterocycles. The van der Waals surface area contributed by atoms with Crippen LogP contribution >= 0.6 is 24.8 Å². The molecule has 116 valence electrons. The van der Waals surface area contributed by atoms with Crippen molar-refractivity contribution in [2.45, 2.75) is 26.4 Å². The molecule has 1 fully saturated rings. The van der Waals surface area contributed by atoms with Crippen molar-refractivity contribution in [3.05, 3.63) is 11.7 Å². The minimum Gasteiger partial charge on any atom is -0.339 e. The molecule has 20 heavy (non-hydrogen) atoms. The summed E-state index contributed by atoms with van der Waals surface area (Å²) in [6.07, 6.45) is 0. The molecule has 2 N–H and O–H groups in total. The summed E-state index contributed by atoms with van der Waals surface area (Å²) in [5.74, 6) is 1.29. The fraction of sp³-hybridized carbons (Fsp3) is 0.727. The molecule has 0 unspecified atom stereocenters. The van der Waals surface area contributed by atoms with Gasteiger partial charge < -0.3 is 15.2 Å². The van der Waals surface area contributed by atoms with Crippen molar-refractivity contribution in [3.63, 3.8) is 0 Å². The highest BCUT2D eigenvalue weighted by atomic mass is 35.5. The molecule has 1 aliphatic rings. The van der Waals surface area contributed by atoms with E-state index in [0.29, 0.717) is 31.3 Å². The predicted molar refractivity (Wildman–Crippen MR) is 79.0 cm³/mol. The fourth-order valence-electron chi connectivity index (χ4n) is 2.01. The first-order valence-corrected chi connectivity index (χ1v) is 6.12. The van der Waals surface area contributed by atoms with E-state index in [0.717, 1.165) is 13.1 Å². The third-order valence-electron chi connectivity index (χ3n) is 3.00. The monoisotopic (exact) mass is 325 g/mol. The summed E-state index contributed by atoms with van der Waals surface area (Å²) in [5.41, 5.74) is 5.59. The first kappa shape index (κ1) is 19.1. The van der Waals surface area contributed by atoms with Gasteiger partial charge in [0, 0.05) is 26.2 Å². The van der Waals surface area contributed by atoms with E-state index in [-0.39, 0.29) is 30.7 Å². The van der Waals surface area contributed by atoms with Gasteiger partial charge in [-0.15, -0.1) is 24.8 Å². The van der Waals surface area contributed by atoms with Gasteiger partial charge in [0.15, 0.2) is 5.82 Å². The lowest BCUT2D eigenvalue weighted by Crippen LogP contribution is -2.52. The molecule has 0 aromatic carbocycles. The normalized spacial score (nSPS) is 17.1. The number of halogens is 2. The van der Waals surface area contributed by atoms with Gasteiger partial charge in [-0.25, -0.2) is 0 Å².